The third kappa shape index (κ3) is 5.62. The van der Waals surface area contributed by atoms with Gasteiger partial charge in [0.25, 0.3) is 0 Å². The Hall–Kier alpha value is -1.54. The predicted molar refractivity (Wildman–Crippen MR) is 61.6 cm³/mol. The van der Waals surface area contributed by atoms with Crippen molar-refractivity contribution in [2.45, 2.75) is 25.7 Å². The quantitative estimate of drug-likeness (QED) is 0.580. The van der Waals surface area contributed by atoms with Gasteiger partial charge in [0, 0.05) is 45.4 Å². The molecule has 0 saturated carbocycles. The Labute approximate surface area is 127 Å². The number of carboxylic acid groups (broad SMARTS) is 2. The average Bonchev–Trinajstić information content (AvgIpc) is 2.87. The van der Waals surface area contributed by atoms with Gasteiger partial charge < -0.3 is 15.7 Å². The number of carbonyl (C=O) groups excluding carboxylic acids is 2. The largest absolute Gasteiger partial charge is 0.465 e. The third-order valence-electron chi connectivity index (χ3n) is 2.61. The van der Waals surface area contributed by atoms with Crippen molar-refractivity contribution in [2.75, 3.05) is 13.1 Å². The third-order valence-corrected chi connectivity index (χ3v) is 2.61. The predicted octanol–water partition coefficient (Wildman–Crippen LogP) is -0.254. The Morgan fingerprint density at radius 2 is 1.15 bits per heavy atom. The van der Waals surface area contributed by atoms with Gasteiger partial charge in [-0.1, -0.05) is 0 Å². The van der Waals surface area contributed by atoms with E-state index in [1.165, 1.54) is 0 Å². The van der Waals surface area contributed by atoms with Crippen LogP contribution in [0.4, 0.5) is 9.59 Å². The van der Waals surface area contributed by atoms with Gasteiger partial charge in [-0.25, -0.2) is 19.4 Å². The maximum atomic E-state index is 10.6. The molecule has 0 radical (unpaired) electrons. The molecular weight excluding hydrogens is 326 g/mol. The summed E-state index contributed by atoms with van der Waals surface area (Å²) < 4.78 is 0. The van der Waals surface area contributed by atoms with Crippen LogP contribution in [0, 0.1) is 0 Å². The van der Waals surface area contributed by atoms with E-state index < -0.39 is 12.2 Å². The van der Waals surface area contributed by atoms with Gasteiger partial charge in [0.1, 0.15) is 0 Å². The monoisotopic (exact) mass is 340 g/mol. The van der Waals surface area contributed by atoms with Gasteiger partial charge in [-0.2, -0.15) is 0 Å². The van der Waals surface area contributed by atoms with Crippen molar-refractivity contribution in [2.24, 2.45) is 0 Å². The van der Waals surface area contributed by atoms with E-state index in [9.17, 15) is 19.2 Å². The van der Waals surface area contributed by atoms with Crippen LogP contribution in [0.5, 0.6) is 0 Å². The minimum Gasteiger partial charge on any atom is -0.465 e. The molecule has 0 aromatic rings. The summed E-state index contributed by atoms with van der Waals surface area (Å²) in [7, 11) is 0. The molecule has 2 fully saturated rings. The molecule has 0 unspecified atom stereocenters. The van der Waals surface area contributed by atoms with E-state index in [2.05, 4.69) is 0 Å². The van der Waals surface area contributed by atoms with Crippen molar-refractivity contribution in [1.82, 2.24) is 9.80 Å². The maximum absolute atomic E-state index is 10.6. The molecule has 2 saturated heterocycles. The summed E-state index contributed by atoms with van der Waals surface area (Å²) in [6, 6.07) is 0. The summed E-state index contributed by atoms with van der Waals surface area (Å²) >= 11 is 0. The Morgan fingerprint density at radius 3 is 1.25 bits per heavy atom. The zero-order valence-electron chi connectivity index (χ0n) is 10.9. The molecule has 9 nitrogen and oxygen atoms in total. The zero-order valence-corrected chi connectivity index (χ0v) is 13.8. The SMILES string of the molecule is O.O=C(O)N1CCCC1=O.O=C(O)N1CCCC1=O.[Zn]. The molecule has 0 aliphatic carbocycles. The van der Waals surface area contributed by atoms with Crippen LogP contribution in [-0.4, -0.2) is 62.6 Å². The van der Waals surface area contributed by atoms with E-state index in [1.807, 2.05) is 0 Å². The van der Waals surface area contributed by atoms with E-state index >= 15 is 0 Å². The normalized spacial score (nSPS) is 16.8. The zero-order chi connectivity index (χ0) is 13.7. The fourth-order valence-electron chi connectivity index (χ4n) is 1.70. The van der Waals surface area contributed by atoms with Crippen LogP contribution >= 0.6 is 0 Å². The van der Waals surface area contributed by atoms with Gasteiger partial charge in [0.2, 0.25) is 11.8 Å². The van der Waals surface area contributed by atoms with Crippen molar-refractivity contribution < 1.29 is 54.3 Å². The molecule has 4 N–H and O–H groups in total. The number of likely N-dealkylation sites (tertiary alicyclic amines) is 2. The molecule has 2 aliphatic heterocycles. The molecule has 20 heavy (non-hydrogen) atoms. The van der Waals surface area contributed by atoms with Crippen LogP contribution in [0.1, 0.15) is 25.7 Å². The molecule has 0 atom stereocenters. The van der Waals surface area contributed by atoms with E-state index in [0.29, 0.717) is 38.8 Å². The molecule has 0 aromatic heterocycles. The summed E-state index contributed by atoms with van der Waals surface area (Å²) in [5, 5.41) is 16.6. The van der Waals surface area contributed by atoms with Crippen LogP contribution in [0.15, 0.2) is 0 Å². The standard InChI is InChI=1S/2C5H7NO3.H2O.Zn/c2*7-4-2-1-3-6(4)5(8)9;;/h2*1-3H2,(H,8,9);1H2;. The average molecular weight is 342 g/mol. The van der Waals surface area contributed by atoms with Crippen molar-refractivity contribution in [3.8, 4) is 0 Å². The topological polar surface area (TPSA) is 147 Å². The number of carbonyl (C=O) groups is 4. The van der Waals surface area contributed by atoms with Crippen molar-refractivity contribution >= 4 is 24.0 Å². The first-order valence-corrected chi connectivity index (χ1v) is 5.50. The Morgan fingerprint density at radius 1 is 0.850 bits per heavy atom. The molecule has 0 spiro atoms. The Balaban J connectivity index is 0. The molecule has 4 amide bonds. The van der Waals surface area contributed by atoms with Crippen LogP contribution in [-0.2, 0) is 29.1 Å². The summed E-state index contributed by atoms with van der Waals surface area (Å²) in [6.45, 7) is 0.738. The fourth-order valence-corrected chi connectivity index (χ4v) is 1.70. The van der Waals surface area contributed by atoms with E-state index in [1.54, 1.807) is 0 Å². The molecule has 10 heteroatoms. The molecule has 2 rings (SSSR count). The summed E-state index contributed by atoms with van der Waals surface area (Å²) in [5.41, 5.74) is 0. The number of imide groups is 2. The van der Waals surface area contributed by atoms with Gasteiger partial charge in [0.15, 0.2) is 0 Å². The Kier molecular flexibility index (Phi) is 9.74. The smallest absolute Gasteiger partial charge is 0.414 e. The first kappa shape index (κ1) is 20.8. The van der Waals surface area contributed by atoms with E-state index in [4.69, 9.17) is 10.2 Å². The van der Waals surface area contributed by atoms with Crippen molar-refractivity contribution in [1.29, 1.82) is 0 Å². The minimum absolute atomic E-state index is 0. The second kappa shape index (κ2) is 9.38. The Bertz CT molecular complexity index is 352. The molecule has 0 bridgehead atoms. The van der Waals surface area contributed by atoms with Crippen LogP contribution in [0.3, 0.4) is 0 Å². The second-order valence-corrected chi connectivity index (χ2v) is 3.86. The first-order chi connectivity index (χ1) is 8.43. The minimum atomic E-state index is -1.13. The maximum Gasteiger partial charge on any atom is 0.414 e. The molecule has 0 aromatic carbocycles. The van der Waals surface area contributed by atoms with Gasteiger partial charge in [-0.15, -0.1) is 0 Å². The number of nitrogens with zero attached hydrogens (tertiary/aromatic N) is 2. The van der Waals surface area contributed by atoms with Crippen LogP contribution in [0.2, 0.25) is 0 Å². The number of hydrogen-bond acceptors (Lipinski definition) is 4. The summed E-state index contributed by atoms with van der Waals surface area (Å²) in [5.74, 6) is -0.551. The molecule has 110 valence electrons. The van der Waals surface area contributed by atoms with Gasteiger partial charge in [-0.05, 0) is 12.8 Å². The molecule has 2 heterocycles. The van der Waals surface area contributed by atoms with Crippen molar-refractivity contribution in [3.63, 3.8) is 0 Å². The fraction of sp³-hybridized carbons (Fsp3) is 0.600. The molecule has 2 aliphatic rings. The van der Waals surface area contributed by atoms with Crippen LogP contribution in [0.25, 0.3) is 0 Å². The summed E-state index contributed by atoms with van der Waals surface area (Å²) in [4.78, 5) is 43.1. The number of rotatable bonds is 0. The van der Waals surface area contributed by atoms with Crippen LogP contribution < -0.4 is 0 Å². The number of amides is 4. The molecular formula is C10H16N2O7Zn. The van der Waals surface area contributed by atoms with E-state index in [0.717, 1.165) is 9.80 Å². The van der Waals surface area contributed by atoms with Crippen molar-refractivity contribution in [3.05, 3.63) is 0 Å². The van der Waals surface area contributed by atoms with Gasteiger partial charge in [-0.3, -0.25) is 9.59 Å². The first-order valence-electron chi connectivity index (χ1n) is 5.50. The second-order valence-electron chi connectivity index (χ2n) is 3.86. The van der Waals surface area contributed by atoms with Gasteiger partial charge in [0.05, 0.1) is 0 Å². The summed E-state index contributed by atoms with van der Waals surface area (Å²) in [6.07, 6.45) is -0.149. The number of hydrogen-bond donors (Lipinski definition) is 2. The van der Waals surface area contributed by atoms with E-state index in [-0.39, 0.29) is 36.8 Å². The van der Waals surface area contributed by atoms with Gasteiger partial charge >= 0.3 is 12.2 Å².